The van der Waals surface area contributed by atoms with E-state index in [-0.39, 0.29) is 11.4 Å². The molecule has 23 heavy (non-hydrogen) atoms. The van der Waals surface area contributed by atoms with Gasteiger partial charge < -0.3 is 0 Å². The summed E-state index contributed by atoms with van der Waals surface area (Å²) in [6, 6.07) is 18.8. The Kier molecular flexibility index (Phi) is 4.29. The van der Waals surface area contributed by atoms with Crippen LogP contribution in [0.4, 0.5) is 0 Å². The zero-order valence-corrected chi connectivity index (χ0v) is 12.6. The smallest absolute Gasteiger partial charge is 0.232 e. The molecule has 0 saturated heterocycles. The average Bonchev–Trinajstić information content (AvgIpc) is 2.79. The predicted octanol–water partition coefficient (Wildman–Crippen LogP) is 3.04. The van der Waals surface area contributed by atoms with Crippen molar-refractivity contribution in [1.82, 2.24) is 0 Å². The van der Waals surface area contributed by atoms with Gasteiger partial charge in [0.05, 0.1) is 11.5 Å². The summed E-state index contributed by atoms with van der Waals surface area (Å²) < 4.78 is 0. The highest BCUT2D eigenvalue weighted by molar-refractivity contribution is 6.60. The monoisotopic (exact) mass is 304 g/mol. The van der Waals surface area contributed by atoms with E-state index >= 15 is 0 Å². The Balaban J connectivity index is 1.78. The fraction of sp³-hybridized carbons (Fsp3) is 0.150. The van der Waals surface area contributed by atoms with Crippen LogP contribution in [0, 0.1) is 5.92 Å². The highest BCUT2D eigenvalue weighted by atomic mass is 16.2. The third-order valence-corrected chi connectivity index (χ3v) is 4.04. The van der Waals surface area contributed by atoms with Crippen LogP contribution in [0.25, 0.3) is 6.08 Å². The molecule has 1 aliphatic carbocycles. The molecule has 0 aliphatic heterocycles. The van der Waals surface area contributed by atoms with Gasteiger partial charge in [-0.05, 0) is 30.0 Å². The third kappa shape index (κ3) is 3.19. The fourth-order valence-corrected chi connectivity index (χ4v) is 2.78. The highest BCUT2D eigenvalue weighted by Crippen LogP contribution is 2.26. The van der Waals surface area contributed by atoms with Crippen LogP contribution in [-0.2, 0) is 20.8 Å². The molecule has 0 amide bonds. The lowest BCUT2D eigenvalue weighted by atomic mass is 9.96. The van der Waals surface area contributed by atoms with E-state index in [1.54, 1.807) is 12.1 Å². The molecule has 114 valence electrons. The second kappa shape index (κ2) is 6.53. The maximum absolute atomic E-state index is 12.4. The minimum atomic E-state index is -0.835. The number of benzene rings is 2. The average molecular weight is 304 g/mol. The van der Waals surface area contributed by atoms with Crippen molar-refractivity contribution in [3.63, 3.8) is 0 Å². The van der Waals surface area contributed by atoms with Crippen LogP contribution in [-0.4, -0.2) is 17.3 Å². The number of hydrogen-bond acceptors (Lipinski definition) is 3. The van der Waals surface area contributed by atoms with E-state index in [0.29, 0.717) is 12.8 Å². The Hall–Kier alpha value is -2.81. The summed E-state index contributed by atoms with van der Waals surface area (Å²) in [5.41, 5.74) is 1.82. The number of carbonyl (C=O) groups is 3. The van der Waals surface area contributed by atoms with E-state index in [4.69, 9.17) is 0 Å². The summed E-state index contributed by atoms with van der Waals surface area (Å²) in [6.45, 7) is 0. The summed E-state index contributed by atoms with van der Waals surface area (Å²) in [4.78, 5) is 36.7. The number of rotatable bonds is 4. The Morgan fingerprint density at radius 1 is 0.783 bits per heavy atom. The number of Topliss-reactive ketones (excluding diaryl/α,β-unsaturated/α-hetero) is 3. The van der Waals surface area contributed by atoms with Crippen LogP contribution in [0.1, 0.15) is 17.5 Å². The van der Waals surface area contributed by atoms with Crippen molar-refractivity contribution >= 4 is 23.4 Å². The van der Waals surface area contributed by atoms with Gasteiger partial charge in [0.15, 0.2) is 5.78 Å². The summed E-state index contributed by atoms with van der Waals surface area (Å²) in [5, 5.41) is 0. The van der Waals surface area contributed by atoms with E-state index in [9.17, 15) is 14.4 Å². The zero-order chi connectivity index (χ0) is 16.2. The number of allylic oxidation sites excluding steroid dienone is 1. The van der Waals surface area contributed by atoms with Crippen molar-refractivity contribution in [3.8, 4) is 0 Å². The van der Waals surface area contributed by atoms with E-state index in [2.05, 4.69) is 0 Å². The van der Waals surface area contributed by atoms with Gasteiger partial charge in [0.2, 0.25) is 11.6 Å². The number of aryl methyl sites for hydroxylation is 1. The second-order valence-corrected chi connectivity index (χ2v) is 5.60. The van der Waals surface area contributed by atoms with E-state index in [0.717, 1.165) is 11.1 Å². The lowest BCUT2D eigenvalue weighted by Gasteiger charge is -2.05. The van der Waals surface area contributed by atoms with E-state index < -0.39 is 17.5 Å². The molecule has 3 nitrogen and oxygen atoms in total. The summed E-state index contributed by atoms with van der Waals surface area (Å²) in [5.74, 6) is -2.41. The van der Waals surface area contributed by atoms with Crippen LogP contribution in [0.2, 0.25) is 0 Å². The Bertz CT molecular complexity index is 773. The SMILES string of the molecule is O=C1C(=O)[C@H](CCc2ccccc2)C(=O)/C1=C\c1ccccc1. The molecule has 2 aromatic rings. The molecule has 1 aliphatic rings. The first-order valence-corrected chi connectivity index (χ1v) is 7.60. The first-order valence-electron chi connectivity index (χ1n) is 7.60. The largest absolute Gasteiger partial charge is 0.293 e. The molecule has 0 heterocycles. The van der Waals surface area contributed by atoms with Gasteiger partial charge in [0.1, 0.15) is 0 Å². The molecule has 1 atom stereocenters. The normalized spacial score (nSPS) is 19.6. The lowest BCUT2D eigenvalue weighted by molar-refractivity contribution is -0.135. The van der Waals surface area contributed by atoms with Crippen LogP contribution >= 0.6 is 0 Å². The Labute approximate surface area is 134 Å². The maximum atomic E-state index is 12.4. The molecule has 0 bridgehead atoms. The molecular weight excluding hydrogens is 288 g/mol. The minimum absolute atomic E-state index is 0.0132. The first kappa shape index (κ1) is 15.1. The van der Waals surface area contributed by atoms with Crippen LogP contribution in [0.3, 0.4) is 0 Å². The van der Waals surface area contributed by atoms with Gasteiger partial charge in [-0.1, -0.05) is 60.7 Å². The summed E-state index contributed by atoms with van der Waals surface area (Å²) in [7, 11) is 0. The molecule has 0 radical (unpaired) electrons. The topological polar surface area (TPSA) is 51.2 Å². The molecule has 1 fully saturated rings. The van der Waals surface area contributed by atoms with Crippen LogP contribution in [0.15, 0.2) is 66.2 Å². The van der Waals surface area contributed by atoms with Gasteiger partial charge in [-0.25, -0.2) is 0 Å². The quantitative estimate of drug-likeness (QED) is 0.377. The molecule has 3 rings (SSSR count). The number of carbonyl (C=O) groups excluding carboxylic acids is 3. The summed E-state index contributed by atoms with van der Waals surface area (Å²) in [6.07, 6.45) is 2.50. The molecular formula is C20H16O3. The molecule has 0 aromatic heterocycles. The summed E-state index contributed by atoms with van der Waals surface area (Å²) >= 11 is 0. The lowest BCUT2D eigenvalue weighted by Crippen LogP contribution is -2.17. The van der Waals surface area contributed by atoms with Crippen molar-refractivity contribution in [3.05, 3.63) is 77.4 Å². The molecule has 2 aromatic carbocycles. The molecule has 0 unspecified atom stereocenters. The first-order chi connectivity index (χ1) is 11.2. The molecule has 1 saturated carbocycles. The van der Waals surface area contributed by atoms with Gasteiger partial charge in [-0.15, -0.1) is 0 Å². The van der Waals surface area contributed by atoms with Crippen LogP contribution < -0.4 is 0 Å². The van der Waals surface area contributed by atoms with Gasteiger partial charge >= 0.3 is 0 Å². The van der Waals surface area contributed by atoms with Crippen molar-refractivity contribution < 1.29 is 14.4 Å². The van der Waals surface area contributed by atoms with Gasteiger partial charge in [-0.2, -0.15) is 0 Å². The van der Waals surface area contributed by atoms with E-state index in [1.165, 1.54) is 6.08 Å². The predicted molar refractivity (Wildman–Crippen MR) is 87.7 cm³/mol. The number of hydrogen-bond donors (Lipinski definition) is 0. The van der Waals surface area contributed by atoms with Crippen molar-refractivity contribution in [1.29, 1.82) is 0 Å². The van der Waals surface area contributed by atoms with Crippen molar-refractivity contribution in [2.75, 3.05) is 0 Å². The van der Waals surface area contributed by atoms with Crippen LogP contribution in [0.5, 0.6) is 0 Å². The third-order valence-electron chi connectivity index (χ3n) is 4.04. The fourth-order valence-electron chi connectivity index (χ4n) is 2.78. The molecule has 3 heteroatoms. The number of ketones is 3. The van der Waals surface area contributed by atoms with Crippen molar-refractivity contribution in [2.24, 2.45) is 5.92 Å². The Morgan fingerprint density at radius 3 is 2.04 bits per heavy atom. The minimum Gasteiger partial charge on any atom is -0.293 e. The second-order valence-electron chi connectivity index (χ2n) is 5.60. The maximum Gasteiger partial charge on any atom is 0.232 e. The van der Waals surface area contributed by atoms with E-state index in [1.807, 2.05) is 48.5 Å². The van der Waals surface area contributed by atoms with Crippen molar-refractivity contribution in [2.45, 2.75) is 12.8 Å². The van der Waals surface area contributed by atoms with Gasteiger partial charge in [0, 0.05) is 0 Å². The highest BCUT2D eigenvalue weighted by Gasteiger charge is 2.43. The van der Waals surface area contributed by atoms with Gasteiger partial charge in [0.25, 0.3) is 0 Å². The standard InChI is InChI=1S/C20H16O3/c21-18-16(12-11-14-7-3-1-4-8-14)19(22)20(23)17(18)13-15-9-5-2-6-10-15/h1-10,13,16H,11-12H2/b17-13+/t16-/m1/s1. The Morgan fingerprint density at radius 2 is 1.39 bits per heavy atom. The molecule has 0 N–H and O–H groups in total. The zero-order valence-electron chi connectivity index (χ0n) is 12.6. The molecule has 0 spiro atoms. The van der Waals surface area contributed by atoms with Gasteiger partial charge in [-0.3, -0.25) is 14.4 Å².